The first-order valence-corrected chi connectivity index (χ1v) is 10.9. The van der Waals surface area contributed by atoms with Gasteiger partial charge in [-0.25, -0.2) is 0 Å². The van der Waals surface area contributed by atoms with E-state index in [0.717, 1.165) is 69.7 Å². The third-order valence-electron chi connectivity index (χ3n) is 6.68. The number of amides is 1. The minimum Gasteiger partial charge on any atom is -0.342 e. The van der Waals surface area contributed by atoms with Crippen LogP contribution in [0.3, 0.4) is 0 Å². The van der Waals surface area contributed by atoms with Gasteiger partial charge in [-0.2, -0.15) is 0 Å². The van der Waals surface area contributed by atoms with Crippen molar-refractivity contribution >= 4 is 5.91 Å². The fourth-order valence-corrected chi connectivity index (χ4v) is 4.92. The van der Waals surface area contributed by atoms with E-state index in [9.17, 15) is 4.79 Å². The zero-order valence-corrected chi connectivity index (χ0v) is 17.7. The molecule has 0 saturated carbocycles. The van der Waals surface area contributed by atoms with Crippen LogP contribution in [0.25, 0.3) is 0 Å². The lowest BCUT2D eigenvalue weighted by atomic mass is 9.72. The van der Waals surface area contributed by atoms with E-state index >= 15 is 0 Å². The average Bonchev–Trinajstić information content (AvgIpc) is 2.76. The normalized spacial score (nSPS) is 22.4. The molecule has 0 spiro atoms. The Morgan fingerprint density at radius 1 is 1.14 bits per heavy atom. The molecule has 0 bridgehead atoms. The number of hydrogen-bond donors (Lipinski definition) is 0. The van der Waals surface area contributed by atoms with E-state index in [4.69, 9.17) is 4.98 Å². The summed E-state index contributed by atoms with van der Waals surface area (Å²) in [5.41, 5.74) is 2.96. The molecular formula is C24H32N4O. The van der Waals surface area contributed by atoms with Crippen molar-refractivity contribution in [3.8, 4) is 0 Å². The van der Waals surface area contributed by atoms with Crippen LogP contribution in [0.15, 0.2) is 42.7 Å². The fraction of sp³-hybridized carbons (Fsp3) is 0.542. The van der Waals surface area contributed by atoms with Gasteiger partial charge in [-0.3, -0.25) is 14.8 Å². The molecule has 2 fully saturated rings. The average molecular weight is 393 g/mol. The largest absolute Gasteiger partial charge is 0.342 e. The van der Waals surface area contributed by atoms with Gasteiger partial charge in [-0.05, 0) is 64.7 Å². The number of benzene rings is 1. The fourth-order valence-electron chi connectivity index (χ4n) is 4.92. The van der Waals surface area contributed by atoms with Crippen molar-refractivity contribution < 1.29 is 4.79 Å². The molecule has 154 valence electrons. The number of likely N-dealkylation sites (tertiary alicyclic amines) is 2. The molecule has 2 aliphatic heterocycles. The Morgan fingerprint density at radius 2 is 1.90 bits per heavy atom. The van der Waals surface area contributed by atoms with Crippen LogP contribution in [0, 0.1) is 12.3 Å². The van der Waals surface area contributed by atoms with Crippen LogP contribution in [0.5, 0.6) is 0 Å². The van der Waals surface area contributed by atoms with Crippen molar-refractivity contribution in [1.82, 2.24) is 19.8 Å². The minimum absolute atomic E-state index is 0.284. The molecule has 29 heavy (non-hydrogen) atoms. The number of aromatic nitrogens is 2. The van der Waals surface area contributed by atoms with Gasteiger partial charge in [0.05, 0.1) is 16.8 Å². The highest BCUT2D eigenvalue weighted by Gasteiger charge is 2.44. The van der Waals surface area contributed by atoms with E-state index in [1.54, 1.807) is 6.20 Å². The Morgan fingerprint density at radius 3 is 2.62 bits per heavy atom. The summed E-state index contributed by atoms with van der Waals surface area (Å²) in [7, 11) is 2.16. The van der Waals surface area contributed by atoms with E-state index in [2.05, 4.69) is 46.1 Å². The number of piperidine rings is 2. The summed E-state index contributed by atoms with van der Waals surface area (Å²) < 4.78 is 0. The molecule has 1 amide bonds. The summed E-state index contributed by atoms with van der Waals surface area (Å²) in [6.45, 7) is 5.58. The number of hydrogen-bond acceptors (Lipinski definition) is 4. The van der Waals surface area contributed by atoms with Crippen molar-refractivity contribution in [1.29, 1.82) is 0 Å². The van der Waals surface area contributed by atoms with E-state index in [1.807, 2.05) is 19.2 Å². The van der Waals surface area contributed by atoms with Gasteiger partial charge in [0, 0.05) is 31.4 Å². The Hall–Kier alpha value is -2.27. The monoisotopic (exact) mass is 392 g/mol. The number of nitrogens with zero attached hydrogens (tertiary/aromatic N) is 4. The molecule has 1 aromatic heterocycles. The zero-order chi connectivity index (χ0) is 20.3. The van der Waals surface area contributed by atoms with Crippen LogP contribution in [0.4, 0.5) is 0 Å². The summed E-state index contributed by atoms with van der Waals surface area (Å²) in [6.07, 6.45) is 8.49. The molecule has 5 heteroatoms. The first-order valence-electron chi connectivity index (χ1n) is 10.9. The van der Waals surface area contributed by atoms with Crippen LogP contribution in [0.2, 0.25) is 0 Å². The topological polar surface area (TPSA) is 49.3 Å². The molecule has 2 saturated heterocycles. The molecule has 0 unspecified atom stereocenters. The van der Waals surface area contributed by atoms with Crippen LogP contribution >= 0.6 is 0 Å². The van der Waals surface area contributed by atoms with Gasteiger partial charge in [0.25, 0.3) is 0 Å². The van der Waals surface area contributed by atoms with Crippen molar-refractivity contribution in [2.75, 3.05) is 33.2 Å². The van der Waals surface area contributed by atoms with Crippen molar-refractivity contribution in [3.05, 3.63) is 59.7 Å². The molecule has 2 aliphatic rings. The van der Waals surface area contributed by atoms with Crippen molar-refractivity contribution in [3.63, 3.8) is 0 Å². The second-order valence-corrected chi connectivity index (χ2v) is 8.92. The van der Waals surface area contributed by atoms with Crippen LogP contribution in [-0.4, -0.2) is 58.9 Å². The SMILES string of the molecule is Cc1cncc([C@@H]2CCCN(C(=O)C3(Cc4ccccc4)CCN(C)CC3)C2)n1. The third kappa shape index (κ3) is 4.50. The Kier molecular flexibility index (Phi) is 5.95. The van der Waals surface area contributed by atoms with Gasteiger partial charge in [-0.15, -0.1) is 0 Å². The predicted molar refractivity (Wildman–Crippen MR) is 115 cm³/mol. The quantitative estimate of drug-likeness (QED) is 0.800. The summed E-state index contributed by atoms with van der Waals surface area (Å²) in [6, 6.07) is 10.5. The number of rotatable bonds is 4. The van der Waals surface area contributed by atoms with E-state index in [1.165, 1.54) is 5.56 Å². The lowest BCUT2D eigenvalue weighted by Gasteiger charge is -2.44. The molecule has 0 aliphatic carbocycles. The molecule has 3 heterocycles. The second kappa shape index (κ2) is 8.62. The van der Waals surface area contributed by atoms with Gasteiger partial charge in [0.2, 0.25) is 5.91 Å². The molecule has 1 atom stereocenters. The van der Waals surface area contributed by atoms with Gasteiger partial charge >= 0.3 is 0 Å². The number of carbonyl (C=O) groups is 1. The predicted octanol–water partition coefficient (Wildman–Crippen LogP) is 3.45. The highest BCUT2D eigenvalue weighted by atomic mass is 16.2. The number of aryl methyl sites for hydroxylation is 1. The first-order chi connectivity index (χ1) is 14.1. The first kappa shape index (κ1) is 20.0. The Balaban J connectivity index is 1.55. The van der Waals surface area contributed by atoms with E-state index < -0.39 is 0 Å². The molecular weight excluding hydrogens is 360 g/mol. The zero-order valence-electron chi connectivity index (χ0n) is 17.7. The maximum Gasteiger partial charge on any atom is 0.229 e. The smallest absolute Gasteiger partial charge is 0.229 e. The van der Waals surface area contributed by atoms with Gasteiger partial charge in [0.15, 0.2) is 0 Å². The molecule has 4 rings (SSSR count). The molecule has 0 radical (unpaired) electrons. The number of carbonyl (C=O) groups excluding carboxylic acids is 1. The lowest BCUT2D eigenvalue weighted by molar-refractivity contribution is -0.146. The third-order valence-corrected chi connectivity index (χ3v) is 6.68. The Bertz CT molecular complexity index is 830. The maximum atomic E-state index is 13.9. The van der Waals surface area contributed by atoms with Crippen molar-refractivity contribution in [2.24, 2.45) is 5.41 Å². The molecule has 2 aromatic rings. The van der Waals surface area contributed by atoms with Gasteiger partial charge < -0.3 is 9.80 Å². The maximum absolute atomic E-state index is 13.9. The highest BCUT2D eigenvalue weighted by molar-refractivity contribution is 5.83. The lowest BCUT2D eigenvalue weighted by Crippen LogP contribution is -2.52. The summed E-state index contributed by atoms with van der Waals surface area (Å²) in [5.74, 6) is 0.639. The standard InChI is InChI=1S/C24H32N4O/c1-19-16-25-17-22(26-19)21-9-6-12-28(18-21)23(29)24(10-13-27(2)14-11-24)15-20-7-4-3-5-8-20/h3-5,7-8,16-17,21H,6,9-15,18H2,1-2H3/t21-/m1/s1. The molecule has 0 N–H and O–H groups in total. The molecule has 1 aromatic carbocycles. The second-order valence-electron chi connectivity index (χ2n) is 8.92. The van der Waals surface area contributed by atoms with E-state index in [-0.39, 0.29) is 5.41 Å². The van der Waals surface area contributed by atoms with Gasteiger partial charge in [-0.1, -0.05) is 30.3 Å². The van der Waals surface area contributed by atoms with Crippen LogP contribution in [0.1, 0.15) is 48.6 Å². The summed E-state index contributed by atoms with van der Waals surface area (Å²) >= 11 is 0. The van der Waals surface area contributed by atoms with Gasteiger partial charge in [0.1, 0.15) is 0 Å². The molecule has 5 nitrogen and oxygen atoms in total. The summed E-state index contributed by atoms with van der Waals surface area (Å²) in [4.78, 5) is 27.4. The minimum atomic E-state index is -0.284. The highest BCUT2D eigenvalue weighted by Crippen LogP contribution is 2.38. The summed E-state index contributed by atoms with van der Waals surface area (Å²) in [5, 5.41) is 0. The van der Waals surface area contributed by atoms with E-state index in [0.29, 0.717) is 11.8 Å². The van der Waals surface area contributed by atoms with Crippen LogP contribution in [-0.2, 0) is 11.2 Å². The Labute approximate surface area is 174 Å². The van der Waals surface area contributed by atoms with Crippen LogP contribution < -0.4 is 0 Å². The van der Waals surface area contributed by atoms with Crippen molar-refractivity contribution in [2.45, 2.75) is 44.9 Å².